The van der Waals surface area contributed by atoms with Crippen molar-refractivity contribution in [2.24, 2.45) is 5.92 Å². The van der Waals surface area contributed by atoms with Gasteiger partial charge in [0.15, 0.2) is 0 Å². The molecule has 2 atom stereocenters. The lowest BCUT2D eigenvalue weighted by molar-refractivity contribution is 0.757. The van der Waals surface area contributed by atoms with Crippen LogP contribution in [0.3, 0.4) is 0 Å². The van der Waals surface area contributed by atoms with Crippen LogP contribution in [-0.2, 0) is 5.41 Å². The molecule has 64 heavy (non-hydrogen) atoms. The Morgan fingerprint density at radius 1 is 0.641 bits per heavy atom. The van der Waals surface area contributed by atoms with Gasteiger partial charge in [-0.2, -0.15) is 0 Å². The van der Waals surface area contributed by atoms with Gasteiger partial charge in [0.1, 0.15) is 0 Å². The average Bonchev–Trinajstić information content (AvgIpc) is 3.69. The van der Waals surface area contributed by atoms with Gasteiger partial charge in [-0.05, 0) is 134 Å². The van der Waals surface area contributed by atoms with E-state index >= 15 is 0 Å². The molecular weight excluding hydrogens is 771 g/mol. The van der Waals surface area contributed by atoms with Crippen molar-refractivity contribution in [3.05, 3.63) is 282 Å². The maximum Gasteiger partial charge on any atom is 0.0714 e. The molecule has 11 rings (SSSR count). The van der Waals surface area contributed by atoms with E-state index in [-0.39, 0.29) is 41.7 Å². The van der Waals surface area contributed by atoms with Gasteiger partial charge in [0, 0.05) is 28.9 Å². The average molecular weight is 826 g/mol. The molecule has 0 aromatic heterocycles. The second kappa shape index (κ2) is 17.0. The first-order valence-electron chi connectivity index (χ1n) is 24.6. The number of benzene rings is 8. The van der Waals surface area contributed by atoms with E-state index in [0.29, 0.717) is 18.4 Å². The summed E-state index contributed by atoms with van der Waals surface area (Å²) in [6, 6.07) is 55.6. The lowest BCUT2D eigenvalue weighted by Crippen LogP contribution is -2.29. The Hall–Kier alpha value is -7.48. The molecule has 8 aromatic carbocycles. The molecular formula is C63H51N. The lowest BCUT2D eigenvalue weighted by Gasteiger charge is -2.35. The zero-order chi connectivity index (χ0) is 46.4. The molecule has 0 spiro atoms. The van der Waals surface area contributed by atoms with Crippen molar-refractivity contribution < 1.29 is 5.48 Å². The molecule has 0 bridgehead atoms. The molecule has 0 radical (unpaired) electrons. The van der Waals surface area contributed by atoms with Crippen molar-refractivity contribution >= 4 is 38.5 Å². The van der Waals surface area contributed by atoms with E-state index in [0.717, 1.165) is 74.0 Å². The van der Waals surface area contributed by atoms with Crippen LogP contribution in [0, 0.1) is 5.92 Å². The molecule has 0 N–H and O–H groups in total. The number of unbranched alkanes of at least 4 members (excludes halogenated alkanes) is 1. The molecule has 2 unspecified atom stereocenters. The standard InChI is InChI=1S/C63H51N/c1-2-3-4-7-20-45-21-18-29-53(41-45)64(54-39-40-59-58-33-16-17-34-61(58)63(62(59)44-54,50-25-8-5-9-26-50)51-27-10-6-11-28-51)52-37-35-46(36-38-52)47-23-19-24-48(42-47)60-43-49-22-12-13-30-55(49)56-31-14-15-32-57(56)60/h2,5-22,24-40,42-45,47H,1,3-4,23,41H2/b20-7+/i35D,36D,37D,38D. The SMILES string of the molecule is [2H]c1c([2H])c(N(C2=CC=CC(/C=C/CCC=C)C2)c2ccc3c(c2)C(c2ccccc2)(c2ccccc2)c2ccccc2-3)c([2H])c([2H])c1C1C=C(c2cc3ccccc3c3ccccc23)C=CC1. The fraction of sp³-hybridized carbons (Fsp3) is 0.111. The fourth-order valence-corrected chi connectivity index (χ4v) is 10.4. The molecule has 0 saturated carbocycles. The van der Waals surface area contributed by atoms with Gasteiger partial charge >= 0.3 is 0 Å². The van der Waals surface area contributed by atoms with Crippen LogP contribution in [0.4, 0.5) is 11.4 Å². The molecule has 308 valence electrons. The molecule has 0 fully saturated rings. The van der Waals surface area contributed by atoms with Crippen LogP contribution < -0.4 is 4.90 Å². The molecule has 0 saturated heterocycles. The summed E-state index contributed by atoms with van der Waals surface area (Å²) in [6.07, 6.45) is 22.1. The normalized spacial score (nSPS) is 18.1. The first-order chi connectivity index (χ1) is 33.4. The smallest absolute Gasteiger partial charge is 0.0714 e. The minimum Gasteiger partial charge on any atom is -0.314 e. The zero-order valence-corrected chi connectivity index (χ0v) is 35.8. The summed E-state index contributed by atoms with van der Waals surface area (Å²) in [5.74, 6) is -0.292. The van der Waals surface area contributed by atoms with E-state index in [1.807, 2.05) is 11.0 Å². The zero-order valence-electron chi connectivity index (χ0n) is 39.8. The molecule has 1 nitrogen and oxygen atoms in total. The highest BCUT2D eigenvalue weighted by Gasteiger charge is 2.46. The van der Waals surface area contributed by atoms with Gasteiger partial charge in [-0.25, -0.2) is 0 Å². The highest BCUT2D eigenvalue weighted by Crippen LogP contribution is 2.57. The third-order valence-corrected chi connectivity index (χ3v) is 13.4. The number of hydrogen-bond acceptors (Lipinski definition) is 1. The Morgan fingerprint density at radius 2 is 1.33 bits per heavy atom. The summed E-state index contributed by atoms with van der Waals surface area (Å²) < 4.78 is 39.6. The van der Waals surface area contributed by atoms with Crippen molar-refractivity contribution in [3.63, 3.8) is 0 Å². The summed E-state index contributed by atoms with van der Waals surface area (Å²) in [5, 5.41) is 4.65. The Balaban J connectivity index is 1.09. The van der Waals surface area contributed by atoms with E-state index < -0.39 is 5.41 Å². The minimum absolute atomic E-state index is 0.0189. The molecule has 0 aliphatic heterocycles. The van der Waals surface area contributed by atoms with Crippen molar-refractivity contribution in [1.82, 2.24) is 0 Å². The second-order valence-corrected chi connectivity index (χ2v) is 17.1. The summed E-state index contributed by atoms with van der Waals surface area (Å²) in [6.45, 7) is 3.90. The molecule has 1 heteroatoms. The van der Waals surface area contributed by atoms with Crippen LogP contribution in [-0.4, -0.2) is 0 Å². The quantitative estimate of drug-likeness (QED) is 0.0713. The van der Waals surface area contributed by atoms with Crippen molar-refractivity contribution in [3.8, 4) is 11.1 Å². The summed E-state index contributed by atoms with van der Waals surface area (Å²) >= 11 is 0. The van der Waals surface area contributed by atoms with E-state index in [2.05, 4.69) is 213 Å². The number of rotatable bonds is 11. The van der Waals surface area contributed by atoms with Crippen LogP contribution in [0.5, 0.6) is 0 Å². The number of nitrogens with zero attached hydrogens (tertiary/aromatic N) is 1. The lowest BCUT2D eigenvalue weighted by atomic mass is 9.67. The van der Waals surface area contributed by atoms with Crippen LogP contribution in [0.15, 0.2) is 249 Å². The van der Waals surface area contributed by atoms with Crippen molar-refractivity contribution in [2.75, 3.05) is 4.90 Å². The Labute approximate surface area is 383 Å². The molecule has 0 amide bonds. The number of anilines is 2. The maximum atomic E-state index is 9.98. The topological polar surface area (TPSA) is 3.24 Å². The third-order valence-electron chi connectivity index (χ3n) is 13.4. The van der Waals surface area contributed by atoms with E-state index in [4.69, 9.17) is 0 Å². The highest BCUT2D eigenvalue weighted by molar-refractivity contribution is 6.12. The maximum absolute atomic E-state index is 9.98. The molecule has 3 aliphatic rings. The van der Waals surface area contributed by atoms with Crippen LogP contribution in [0.25, 0.3) is 38.2 Å². The monoisotopic (exact) mass is 825 g/mol. The van der Waals surface area contributed by atoms with E-state index in [1.54, 1.807) is 0 Å². The Kier molecular flexibility index (Phi) is 9.31. The van der Waals surface area contributed by atoms with Gasteiger partial charge in [-0.15, -0.1) is 6.58 Å². The number of fused-ring (bicyclic) bond motifs is 6. The second-order valence-electron chi connectivity index (χ2n) is 17.1. The van der Waals surface area contributed by atoms with E-state index in [9.17, 15) is 5.48 Å². The van der Waals surface area contributed by atoms with Gasteiger partial charge in [-0.3, -0.25) is 0 Å². The van der Waals surface area contributed by atoms with Crippen molar-refractivity contribution in [1.29, 1.82) is 0 Å². The van der Waals surface area contributed by atoms with Gasteiger partial charge in [0.2, 0.25) is 0 Å². The van der Waals surface area contributed by atoms with Crippen molar-refractivity contribution in [2.45, 2.75) is 37.0 Å². The number of allylic oxidation sites excluding steroid dienone is 11. The molecule has 0 heterocycles. The summed E-state index contributed by atoms with van der Waals surface area (Å²) in [4.78, 5) is 2.02. The van der Waals surface area contributed by atoms with Crippen LogP contribution in [0.1, 0.15) is 70.5 Å². The van der Waals surface area contributed by atoms with E-state index in [1.165, 1.54) is 16.3 Å². The van der Waals surface area contributed by atoms with Crippen LogP contribution in [0.2, 0.25) is 0 Å². The fourth-order valence-electron chi connectivity index (χ4n) is 10.4. The Morgan fingerprint density at radius 3 is 2.11 bits per heavy atom. The van der Waals surface area contributed by atoms with Gasteiger partial charge in [-0.1, -0.05) is 200 Å². The predicted octanol–water partition coefficient (Wildman–Crippen LogP) is 16.6. The molecule has 3 aliphatic carbocycles. The molecule has 8 aromatic rings. The van der Waals surface area contributed by atoms with Crippen LogP contribution >= 0.6 is 0 Å². The highest BCUT2D eigenvalue weighted by atomic mass is 15.1. The van der Waals surface area contributed by atoms with Gasteiger partial charge in [0.25, 0.3) is 0 Å². The van der Waals surface area contributed by atoms with Gasteiger partial charge < -0.3 is 4.90 Å². The minimum atomic E-state index is -0.666. The summed E-state index contributed by atoms with van der Waals surface area (Å²) in [5.41, 5.74) is 10.6. The largest absolute Gasteiger partial charge is 0.314 e. The first-order valence-corrected chi connectivity index (χ1v) is 22.6. The predicted molar refractivity (Wildman–Crippen MR) is 272 cm³/mol. The number of hydrogen-bond donors (Lipinski definition) is 0. The Bertz CT molecular complexity index is 3360. The third kappa shape index (κ3) is 6.89. The first kappa shape index (κ1) is 35.0. The summed E-state index contributed by atoms with van der Waals surface area (Å²) in [7, 11) is 0. The van der Waals surface area contributed by atoms with Gasteiger partial charge in [0.05, 0.1) is 10.9 Å².